The Bertz CT molecular complexity index is 698. The molecular formula is C12H13ClN2O5S. The summed E-state index contributed by atoms with van der Waals surface area (Å²) in [6, 6.07) is 2.91. The van der Waals surface area contributed by atoms with E-state index in [4.69, 9.17) is 10.7 Å². The third kappa shape index (κ3) is 3.70. The van der Waals surface area contributed by atoms with Crippen LogP contribution < -0.4 is 5.32 Å². The highest BCUT2D eigenvalue weighted by atomic mass is 35.7. The standard InChI is InChI=1S/C12H13ClN2O5S/c1-7-2-9(3-7)14-12(16)8-4-10(15(17)18)6-11(5-8)21(13,19)20/h4-7,9H,2-3H2,1H3,(H,14,16). The zero-order chi connectivity index (χ0) is 15.8. The van der Waals surface area contributed by atoms with Crippen molar-refractivity contribution in [3.05, 3.63) is 33.9 Å². The smallest absolute Gasteiger partial charge is 0.271 e. The highest BCUT2D eigenvalue weighted by Gasteiger charge is 2.28. The van der Waals surface area contributed by atoms with Crippen LogP contribution >= 0.6 is 10.7 Å². The Morgan fingerprint density at radius 3 is 2.48 bits per heavy atom. The average molecular weight is 333 g/mol. The summed E-state index contributed by atoms with van der Waals surface area (Å²) < 4.78 is 22.7. The van der Waals surface area contributed by atoms with Crippen molar-refractivity contribution in [3.8, 4) is 0 Å². The molecule has 1 amide bonds. The van der Waals surface area contributed by atoms with Crippen molar-refractivity contribution in [2.45, 2.75) is 30.7 Å². The molecule has 0 aliphatic heterocycles. The van der Waals surface area contributed by atoms with E-state index in [0.717, 1.165) is 31.0 Å². The van der Waals surface area contributed by atoms with Gasteiger partial charge in [0, 0.05) is 34.4 Å². The number of carbonyl (C=O) groups excluding carboxylic acids is 1. The van der Waals surface area contributed by atoms with Crippen LogP contribution in [0.3, 0.4) is 0 Å². The van der Waals surface area contributed by atoms with Crippen LogP contribution in [-0.4, -0.2) is 25.3 Å². The van der Waals surface area contributed by atoms with E-state index in [9.17, 15) is 23.3 Å². The number of nitro benzene ring substituents is 1. The maximum absolute atomic E-state index is 12.0. The monoisotopic (exact) mass is 332 g/mol. The molecule has 0 atom stereocenters. The van der Waals surface area contributed by atoms with Crippen molar-refractivity contribution < 1.29 is 18.1 Å². The molecule has 114 valence electrons. The minimum atomic E-state index is -4.16. The Balaban J connectivity index is 2.31. The second kappa shape index (κ2) is 5.61. The van der Waals surface area contributed by atoms with E-state index in [1.807, 2.05) is 6.92 Å². The summed E-state index contributed by atoms with van der Waals surface area (Å²) in [6.07, 6.45) is 1.67. The largest absolute Gasteiger partial charge is 0.349 e. The van der Waals surface area contributed by atoms with Gasteiger partial charge in [-0.1, -0.05) is 6.92 Å². The van der Waals surface area contributed by atoms with Crippen molar-refractivity contribution in [2.24, 2.45) is 5.92 Å². The molecule has 0 aromatic heterocycles. The molecule has 1 aromatic carbocycles. The molecule has 21 heavy (non-hydrogen) atoms. The van der Waals surface area contributed by atoms with Crippen LogP contribution in [-0.2, 0) is 9.05 Å². The topological polar surface area (TPSA) is 106 Å². The maximum Gasteiger partial charge on any atom is 0.271 e. The van der Waals surface area contributed by atoms with Gasteiger partial charge in [0.1, 0.15) is 0 Å². The highest BCUT2D eigenvalue weighted by molar-refractivity contribution is 8.13. The quantitative estimate of drug-likeness (QED) is 0.516. The molecule has 9 heteroatoms. The normalized spacial score (nSPS) is 21.4. The summed E-state index contributed by atoms with van der Waals surface area (Å²) >= 11 is 0. The zero-order valence-electron chi connectivity index (χ0n) is 11.1. The predicted molar refractivity (Wildman–Crippen MR) is 75.8 cm³/mol. The maximum atomic E-state index is 12.0. The molecule has 0 heterocycles. The lowest BCUT2D eigenvalue weighted by molar-refractivity contribution is -0.385. The lowest BCUT2D eigenvalue weighted by Gasteiger charge is -2.33. The van der Waals surface area contributed by atoms with Gasteiger partial charge < -0.3 is 5.32 Å². The Labute approximate surface area is 125 Å². The molecular weight excluding hydrogens is 320 g/mol. The van der Waals surface area contributed by atoms with Crippen LogP contribution in [0.2, 0.25) is 0 Å². The van der Waals surface area contributed by atoms with Gasteiger partial charge in [-0.25, -0.2) is 8.42 Å². The Hall–Kier alpha value is -1.67. The number of hydrogen-bond donors (Lipinski definition) is 1. The van der Waals surface area contributed by atoms with Gasteiger partial charge in [0.2, 0.25) is 0 Å². The molecule has 0 saturated heterocycles. The summed E-state index contributed by atoms with van der Waals surface area (Å²) in [5.74, 6) is -0.0173. The molecule has 1 aliphatic carbocycles. The van der Waals surface area contributed by atoms with Crippen LogP contribution in [0.4, 0.5) is 5.69 Å². The van der Waals surface area contributed by atoms with Crippen LogP contribution in [0.15, 0.2) is 23.1 Å². The number of nitro groups is 1. The molecule has 1 aromatic rings. The second-order valence-corrected chi connectivity index (χ2v) is 7.72. The molecule has 1 fully saturated rings. The fourth-order valence-corrected chi connectivity index (χ4v) is 3.05. The third-order valence-electron chi connectivity index (χ3n) is 3.35. The van der Waals surface area contributed by atoms with E-state index >= 15 is 0 Å². The molecule has 2 rings (SSSR count). The molecule has 1 aliphatic rings. The number of non-ortho nitro benzene ring substituents is 1. The van der Waals surface area contributed by atoms with Crippen molar-refractivity contribution in [3.63, 3.8) is 0 Å². The molecule has 0 unspecified atom stereocenters. The summed E-state index contributed by atoms with van der Waals surface area (Å²) in [5, 5.41) is 13.5. The first-order valence-electron chi connectivity index (χ1n) is 6.22. The lowest BCUT2D eigenvalue weighted by Crippen LogP contribution is -2.43. The van der Waals surface area contributed by atoms with Crippen molar-refractivity contribution in [1.29, 1.82) is 0 Å². The Morgan fingerprint density at radius 2 is 2.00 bits per heavy atom. The number of hydrogen-bond acceptors (Lipinski definition) is 5. The van der Waals surface area contributed by atoms with E-state index in [1.165, 1.54) is 0 Å². The van der Waals surface area contributed by atoms with Gasteiger partial charge >= 0.3 is 0 Å². The van der Waals surface area contributed by atoms with Crippen molar-refractivity contribution in [2.75, 3.05) is 0 Å². The van der Waals surface area contributed by atoms with Gasteiger partial charge in [0.25, 0.3) is 20.6 Å². The van der Waals surface area contributed by atoms with E-state index in [0.29, 0.717) is 5.92 Å². The van der Waals surface area contributed by atoms with Crippen LogP contribution in [0.1, 0.15) is 30.1 Å². The fraction of sp³-hybridized carbons (Fsp3) is 0.417. The third-order valence-corrected chi connectivity index (χ3v) is 4.69. The van der Waals surface area contributed by atoms with Crippen LogP contribution in [0.25, 0.3) is 0 Å². The second-order valence-electron chi connectivity index (χ2n) is 5.16. The number of halogens is 1. The molecule has 0 bridgehead atoms. The molecule has 0 spiro atoms. The van der Waals surface area contributed by atoms with Gasteiger partial charge in [-0.2, -0.15) is 0 Å². The predicted octanol–water partition coefficient (Wildman–Crippen LogP) is 2.05. The van der Waals surface area contributed by atoms with Gasteiger partial charge in [-0.3, -0.25) is 14.9 Å². The Morgan fingerprint density at radius 1 is 1.38 bits per heavy atom. The van der Waals surface area contributed by atoms with Crippen LogP contribution in [0, 0.1) is 16.0 Å². The van der Waals surface area contributed by atoms with E-state index in [-0.39, 0.29) is 11.6 Å². The summed E-state index contributed by atoms with van der Waals surface area (Å²) in [4.78, 5) is 21.6. The number of amides is 1. The number of nitrogens with one attached hydrogen (secondary N) is 1. The molecule has 1 saturated carbocycles. The van der Waals surface area contributed by atoms with Gasteiger partial charge in [-0.05, 0) is 24.8 Å². The Kier molecular flexibility index (Phi) is 4.20. The summed E-state index contributed by atoms with van der Waals surface area (Å²) in [7, 11) is 1.04. The highest BCUT2D eigenvalue weighted by Crippen LogP contribution is 2.27. The van der Waals surface area contributed by atoms with Gasteiger partial charge in [0.05, 0.1) is 9.82 Å². The molecule has 7 nitrogen and oxygen atoms in total. The minimum absolute atomic E-state index is 0.0165. The van der Waals surface area contributed by atoms with E-state index in [2.05, 4.69) is 5.32 Å². The van der Waals surface area contributed by atoms with E-state index < -0.39 is 30.5 Å². The van der Waals surface area contributed by atoms with Crippen LogP contribution in [0.5, 0.6) is 0 Å². The van der Waals surface area contributed by atoms with E-state index in [1.54, 1.807) is 0 Å². The van der Waals surface area contributed by atoms with Gasteiger partial charge in [0.15, 0.2) is 0 Å². The number of benzene rings is 1. The minimum Gasteiger partial charge on any atom is -0.349 e. The first-order chi connectivity index (χ1) is 9.66. The fourth-order valence-electron chi connectivity index (χ4n) is 2.25. The number of rotatable bonds is 4. The first kappa shape index (κ1) is 15.7. The summed E-state index contributed by atoms with van der Waals surface area (Å²) in [5.41, 5.74) is -0.591. The lowest BCUT2D eigenvalue weighted by atomic mass is 9.82. The number of carbonyl (C=O) groups is 1. The van der Waals surface area contributed by atoms with Crippen molar-refractivity contribution >= 4 is 31.3 Å². The summed E-state index contributed by atoms with van der Waals surface area (Å²) in [6.45, 7) is 2.05. The van der Waals surface area contributed by atoms with Gasteiger partial charge in [-0.15, -0.1) is 0 Å². The number of nitrogens with zero attached hydrogens (tertiary/aromatic N) is 1. The zero-order valence-corrected chi connectivity index (χ0v) is 12.6. The molecule has 0 radical (unpaired) electrons. The first-order valence-corrected chi connectivity index (χ1v) is 8.53. The SMILES string of the molecule is CC1CC(NC(=O)c2cc([N+](=O)[O-])cc(S(=O)(=O)Cl)c2)C1. The average Bonchev–Trinajstić information content (AvgIpc) is 2.35. The van der Waals surface area contributed by atoms with Crippen molar-refractivity contribution in [1.82, 2.24) is 5.32 Å². The molecule has 1 N–H and O–H groups in total.